The van der Waals surface area contributed by atoms with Gasteiger partial charge in [-0.25, -0.2) is 4.98 Å². The lowest BCUT2D eigenvalue weighted by molar-refractivity contribution is 1.16. The molecule has 0 aliphatic carbocycles. The molecule has 0 unspecified atom stereocenters. The van der Waals surface area contributed by atoms with Gasteiger partial charge in [0.2, 0.25) is 0 Å². The summed E-state index contributed by atoms with van der Waals surface area (Å²) in [7, 11) is 0. The Morgan fingerprint density at radius 3 is 1.52 bits per heavy atom. The maximum atomic E-state index is 5.16. The van der Waals surface area contributed by atoms with Crippen LogP contribution < -0.4 is 0 Å². The molecule has 0 saturated heterocycles. The van der Waals surface area contributed by atoms with E-state index >= 15 is 0 Å². The monoisotopic (exact) mass is 561 g/mol. The lowest BCUT2D eigenvalue weighted by Gasteiger charge is -2.13. The van der Waals surface area contributed by atoms with Crippen LogP contribution in [-0.2, 0) is 0 Å². The molecule has 0 radical (unpaired) electrons. The lowest BCUT2D eigenvalue weighted by atomic mass is 10.1. The van der Waals surface area contributed by atoms with E-state index in [4.69, 9.17) is 4.98 Å². The van der Waals surface area contributed by atoms with Crippen LogP contribution in [0.4, 0.5) is 0 Å². The molecule has 0 bridgehead atoms. The van der Waals surface area contributed by atoms with Crippen LogP contribution in [0.15, 0.2) is 164 Å². The van der Waals surface area contributed by atoms with Gasteiger partial charge in [0, 0.05) is 38.4 Å². The Labute approximate surface area is 254 Å². The molecule has 9 rings (SSSR count). The third-order valence-corrected chi connectivity index (χ3v) is 8.69. The first-order valence-corrected chi connectivity index (χ1v) is 15.0. The molecule has 9 aromatic rings. The summed E-state index contributed by atoms with van der Waals surface area (Å²) >= 11 is 0. The minimum Gasteiger partial charge on any atom is -0.309 e. The van der Waals surface area contributed by atoms with Crippen LogP contribution >= 0.6 is 0 Å². The second kappa shape index (κ2) is 9.82. The highest BCUT2D eigenvalue weighted by Gasteiger charge is 2.21. The summed E-state index contributed by atoms with van der Waals surface area (Å²) in [6.45, 7) is 0. The molecule has 3 aromatic heterocycles. The number of hydrogen-bond donors (Lipinski definition) is 0. The molecular weight excluding hydrogens is 534 g/mol. The van der Waals surface area contributed by atoms with E-state index in [2.05, 4.69) is 173 Å². The summed E-state index contributed by atoms with van der Waals surface area (Å²) < 4.78 is 4.85. The maximum Gasteiger partial charge on any atom is 0.0730 e. The fourth-order valence-electron chi connectivity index (χ4n) is 6.79. The number of rotatable bonds is 4. The van der Waals surface area contributed by atoms with E-state index in [1.807, 2.05) is 0 Å². The van der Waals surface area contributed by atoms with Gasteiger partial charge in [-0.15, -0.1) is 0 Å². The van der Waals surface area contributed by atoms with Crippen LogP contribution in [0.3, 0.4) is 0 Å². The maximum absolute atomic E-state index is 5.16. The number of aromatic nitrogens is 3. The summed E-state index contributed by atoms with van der Waals surface area (Å²) in [5.74, 6) is 0. The van der Waals surface area contributed by atoms with E-state index in [-0.39, 0.29) is 0 Å². The molecule has 0 fully saturated rings. The largest absolute Gasteiger partial charge is 0.309 e. The summed E-state index contributed by atoms with van der Waals surface area (Å²) in [6.07, 6.45) is 0. The van der Waals surface area contributed by atoms with Gasteiger partial charge in [0.1, 0.15) is 0 Å². The van der Waals surface area contributed by atoms with Crippen LogP contribution in [0.2, 0.25) is 0 Å². The molecule has 0 N–H and O–H groups in total. The summed E-state index contributed by atoms with van der Waals surface area (Å²) in [6, 6.07) is 58.2. The molecule has 3 heteroatoms. The van der Waals surface area contributed by atoms with Crippen LogP contribution in [0, 0.1) is 0 Å². The fraction of sp³-hybridized carbons (Fsp3) is 0. The molecule has 3 nitrogen and oxygen atoms in total. The highest BCUT2D eigenvalue weighted by Crippen LogP contribution is 2.42. The Balaban J connectivity index is 1.43. The van der Waals surface area contributed by atoms with Gasteiger partial charge < -0.3 is 9.13 Å². The SMILES string of the molecule is c1ccc(-c2cc(-n3c4ccccc4c4c3ccc3c5ccccc5n(-c5ccccc5)c34)cc(-c3ccccc3)n2)cc1. The van der Waals surface area contributed by atoms with Crippen molar-refractivity contribution in [2.45, 2.75) is 0 Å². The number of pyridine rings is 1. The van der Waals surface area contributed by atoms with E-state index in [0.29, 0.717) is 0 Å². The van der Waals surface area contributed by atoms with Gasteiger partial charge in [0.05, 0.1) is 39.1 Å². The number of benzene rings is 6. The molecule has 6 aromatic carbocycles. The van der Waals surface area contributed by atoms with Crippen LogP contribution in [-0.4, -0.2) is 14.1 Å². The van der Waals surface area contributed by atoms with Crippen molar-refractivity contribution < 1.29 is 0 Å². The second-order valence-corrected chi connectivity index (χ2v) is 11.2. The Kier molecular flexibility index (Phi) is 5.50. The Morgan fingerprint density at radius 1 is 0.364 bits per heavy atom. The van der Waals surface area contributed by atoms with E-state index in [9.17, 15) is 0 Å². The molecule has 0 atom stereocenters. The van der Waals surface area contributed by atoms with E-state index in [1.54, 1.807) is 0 Å². The summed E-state index contributed by atoms with van der Waals surface area (Å²) in [5, 5.41) is 4.99. The van der Waals surface area contributed by atoms with Crippen molar-refractivity contribution in [1.29, 1.82) is 0 Å². The number of nitrogens with zero attached hydrogens (tertiary/aromatic N) is 3. The van der Waals surface area contributed by atoms with Crippen molar-refractivity contribution in [3.05, 3.63) is 164 Å². The first-order valence-electron chi connectivity index (χ1n) is 15.0. The highest BCUT2D eigenvalue weighted by molar-refractivity contribution is 6.26. The van der Waals surface area contributed by atoms with Gasteiger partial charge in [0.25, 0.3) is 0 Å². The third-order valence-electron chi connectivity index (χ3n) is 8.69. The van der Waals surface area contributed by atoms with Crippen molar-refractivity contribution in [2.24, 2.45) is 0 Å². The molecular formula is C41H27N3. The molecule has 0 amide bonds. The quantitative estimate of drug-likeness (QED) is 0.210. The summed E-state index contributed by atoms with van der Waals surface area (Å²) in [5.41, 5.74) is 11.1. The normalized spacial score (nSPS) is 11.6. The zero-order valence-electron chi connectivity index (χ0n) is 23.9. The number of fused-ring (bicyclic) bond motifs is 7. The minimum absolute atomic E-state index is 0.951. The molecule has 44 heavy (non-hydrogen) atoms. The van der Waals surface area contributed by atoms with Crippen molar-refractivity contribution in [2.75, 3.05) is 0 Å². The predicted molar refractivity (Wildman–Crippen MR) is 184 cm³/mol. The van der Waals surface area contributed by atoms with Crippen molar-refractivity contribution >= 4 is 43.6 Å². The van der Waals surface area contributed by atoms with Gasteiger partial charge in [-0.05, 0) is 42.5 Å². The van der Waals surface area contributed by atoms with E-state index < -0.39 is 0 Å². The zero-order chi connectivity index (χ0) is 29.0. The van der Waals surface area contributed by atoms with E-state index in [0.717, 1.165) is 33.9 Å². The van der Waals surface area contributed by atoms with Crippen molar-refractivity contribution in [3.8, 4) is 33.9 Å². The van der Waals surface area contributed by atoms with Gasteiger partial charge in [-0.2, -0.15) is 0 Å². The van der Waals surface area contributed by atoms with E-state index in [1.165, 1.54) is 43.6 Å². The van der Waals surface area contributed by atoms with Gasteiger partial charge in [0.15, 0.2) is 0 Å². The first-order chi connectivity index (χ1) is 21.8. The average molecular weight is 562 g/mol. The number of hydrogen-bond acceptors (Lipinski definition) is 1. The second-order valence-electron chi connectivity index (χ2n) is 11.2. The van der Waals surface area contributed by atoms with Gasteiger partial charge >= 0.3 is 0 Å². The van der Waals surface area contributed by atoms with Crippen LogP contribution in [0.25, 0.3) is 77.5 Å². The molecule has 206 valence electrons. The highest BCUT2D eigenvalue weighted by atomic mass is 15.0. The Bertz CT molecular complexity index is 2410. The third kappa shape index (κ3) is 3.73. The van der Waals surface area contributed by atoms with Gasteiger partial charge in [-0.3, -0.25) is 0 Å². The Morgan fingerprint density at radius 2 is 0.886 bits per heavy atom. The average Bonchev–Trinajstić information content (AvgIpc) is 3.62. The summed E-state index contributed by atoms with van der Waals surface area (Å²) in [4.78, 5) is 5.16. The lowest BCUT2D eigenvalue weighted by Crippen LogP contribution is -1.98. The Hall–Kier alpha value is -5.93. The molecule has 0 saturated carbocycles. The van der Waals surface area contributed by atoms with Gasteiger partial charge in [-0.1, -0.05) is 121 Å². The van der Waals surface area contributed by atoms with Crippen molar-refractivity contribution in [3.63, 3.8) is 0 Å². The fourth-order valence-corrected chi connectivity index (χ4v) is 6.79. The van der Waals surface area contributed by atoms with Crippen molar-refractivity contribution in [1.82, 2.24) is 14.1 Å². The first kappa shape index (κ1) is 24.6. The van der Waals surface area contributed by atoms with Crippen LogP contribution in [0.1, 0.15) is 0 Å². The standard InChI is InChI=1S/C41H27N3/c1-4-14-28(15-5-1)35-26-31(27-36(42-35)29-16-6-2-7-17-29)43-38-23-13-11-21-34(38)40-39(43)25-24-33-32-20-10-12-22-37(32)44(41(33)40)30-18-8-3-9-19-30/h1-27H. The molecule has 3 heterocycles. The topological polar surface area (TPSA) is 22.8 Å². The number of para-hydroxylation sites is 3. The minimum atomic E-state index is 0.951. The smallest absolute Gasteiger partial charge is 0.0730 e. The molecule has 0 aliphatic rings. The predicted octanol–water partition coefficient (Wildman–Crippen LogP) is 10.6. The zero-order valence-corrected chi connectivity index (χ0v) is 23.9. The molecule has 0 aliphatic heterocycles. The molecule has 0 spiro atoms. The van der Waals surface area contributed by atoms with Crippen LogP contribution in [0.5, 0.6) is 0 Å².